The van der Waals surface area contributed by atoms with Crippen molar-refractivity contribution in [2.24, 2.45) is 4.99 Å². The second-order valence-corrected chi connectivity index (χ2v) is 8.07. The molecule has 1 saturated heterocycles. The van der Waals surface area contributed by atoms with Gasteiger partial charge in [0.05, 0.1) is 12.8 Å². The minimum Gasteiger partial charge on any atom is -0.495 e. The van der Waals surface area contributed by atoms with Gasteiger partial charge in [-0.2, -0.15) is 0 Å². The van der Waals surface area contributed by atoms with Gasteiger partial charge in [-0.05, 0) is 42.7 Å². The van der Waals surface area contributed by atoms with Crippen LogP contribution in [0, 0.1) is 0 Å². The summed E-state index contributed by atoms with van der Waals surface area (Å²) in [6.07, 6.45) is 6.70. The number of ether oxygens (including phenoxy) is 1. The maximum atomic E-state index is 5.56. The number of benzene rings is 2. The third-order valence-electron chi connectivity index (χ3n) is 5.97. The van der Waals surface area contributed by atoms with Gasteiger partial charge >= 0.3 is 0 Å². The summed E-state index contributed by atoms with van der Waals surface area (Å²) in [7, 11) is 3.57. The molecule has 2 N–H and O–H groups in total. The summed E-state index contributed by atoms with van der Waals surface area (Å²) in [6.45, 7) is 4.70. The van der Waals surface area contributed by atoms with Crippen molar-refractivity contribution in [1.29, 1.82) is 0 Å². The first-order valence-electron chi connectivity index (χ1n) is 11.1. The molecule has 2 heterocycles. The van der Waals surface area contributed by atoms with Gasteiger partial charge in [-0.15, -0.1) is 0 Å². The van der Waals surface area contributed by atoms with Gasteiger partial charge in [0, 0.05) is 51.5 Å². The van der Waals surface area contributed by atoms with Gasteiger partial charge in [-0.3, -0.25) is 4.99 Å². The molecule has 2 aliphatic heterocycles. The lowest BCUT2D eigenvalue weighted by atomic mass is 10.0. The quantitative estimate of drug-likeness (QED) is 0.427. The molecular weight excluding hydrogens is 386 g/mol. The van der Waals surface area contributed by atoms with E-state index >= 15 is 0 Å². The normalized spacial score (nSPS) is 18.9. The number of methoxy groups -OCH3 is 1. The van der Waals surface area contributed by atoms with E-state index in [-0.39, 0.29) is 0 Å². The first-order valence-corrected chi connectivity index (χ1v) is 11.1. The van der Waals surface area contributed by atoms with Gasteiger partial charge in [0.1, 0.15) is 5.75 Å². The minimum absolute atomic E-state index is 0.340. The van der Waals surface area contributed by atoms with Crippen LogP contribution in [-0.2, 0) is 6.54 Å². The SMILES string of the molecule is CN=C(NCc1cccc(N2CC=CC2)c1)NC1CCCN(c2ccccc2OC)C1. The van der Waals surface area contributed by atoms with E-state index in [0.29, 0.717) is 6.04 Å². The summed E-state index contributed by atoms with van der Waals surface area (Å²) in [5, 5.41) is 7.11. The number of para-hydroxylation sites is 2. The van der Waals surface area contributed by atoms with Crippen molar-refractivity contribution >= 4 is 17.3 Å². The van der Waals surface area contributed by atoms with Crippen molar-refractivity contribution in [3.63, 3.8) is 0 Å². The number of guanidine groups is 1. The zero-order chi connectivity index (χ0) is 21.5. The highest BCUT2D eigenvalue weighted by molar-refractivity contribution is 5.80. The Kier molecular flexibility index (Phi) is 6.97. The van der Waals surface area contributed by atoms with Crippen LogP contribution in [-0.4, -0.2) is 52.3 Å². The fraction of sp³-hybridized carbons (Fsp3) is 0.400. The average molecular weight is 420 g/mol. The fourth-order valence-corrected chi connectivity index (χ4v) is 4.33. The molecule has 2 aliphatic rings. The number of aliphatic imine (C=N–C) groups is 1. The van der Waals surface area contributed by atoms with E-state index in [9.17, 15) is 0 Å². The number of nitrogens with one attached hydrogen (secondary N) is 2. The predicted molar refractivity (Wildman–Crippen MR) is 129 cm³/mol. The van der Waals surface area contributed by atoms with Crippen LogP contribution in [0.2, 0.25) is 0 Å². The van der Waals surface area contributed by atoms with Crippen LogP contribution in [0.1, 0.15) is 18.4 Å². The predicted octanol–water partition coefficient (Wildman–Crippen LogP) is 3.41. The molecule has 164 valence electrons. The lowest BCUT2D eigenvalue weighted by molar-refractivity contribution is 0.408. The van der Waals surface area contributed by atoms with E-state index in [0.717, 1.165) is 63.0 Å². The highest BCUT2D eigenvalue weighted by atomic mass is 16.5. The summed E-state index contributed by atoms with van der Waals surface area (Å²) in [5.41, 5.74) is 3.69. The number of anilines is 2. The average Bonchev–Trinajstić information content (AvgIpc) is 3.37. The molecule has 0 bridgehead atoms. The summed E-state index contributed by atoms with van der Waals surface area (Å²) in [6, 6.07) is 17.3. The molecule has 4 rings (SSSR count). The lowest BCUT2D eigenvalue weighted by Crippen LogP contribution is -2.51. The number of rotatable bonds is 6. The monoisotopic (exact) mass is 419 g/mol. The first kappa shape index (κ1) is 21.1. The van der Waals surface area contributed by atoms with E-state index in [1.807, 2.05) is 19.2 Å². The van der Waals surface area contributed by atoms with Crippen LogP contribution in [0.15, 0.2) is 65.7 Å². The Hall–Kier alpha value is -3.15. The number of nitrogens with zero attached hydrogens (tertiary/aromatic N) is 3. The molecule has 2 aromatic carbocycles. The molecular formula is C25H33N5O. The van der Waals surface area contributed by atoms with Crippen molar-refractivity contribution in [2.45, 2.75) is 25.4 Å². The Morgan fingerprint density at radius 1 is 1.10 bits per heavy atom. The number of hydrogen-bond acceptors (Lipinski definition) is 4. The zero-order valence-corrected chi connectivity index (χ0v) is 18.6. The molecule has 1 atom stereocenters. The van der Waals surface area contributed by atoms with Gasteiger partial charge < -0.3 is 25.2 Å². The highest BCUT2D eigenvalue weighted by Crippen LogP contribution is 2.29. The molecule has 6 nitrogen and oxygen atoms in total. The zero-order valence-electron chi connectivity index (χ0n) is 18.6. The third kappa shape index (κ3) is 5.32. The Labute approximate surface area is 185 Å². The van der Waals surface area contributed by atoms with Gasteiger partial charge in [0.25, 0.3) is 0 Å². The van der Waals surface area contributed by atoms with Crippen molar-refractivity contribution in [2.75, 3.05) is 50.1 Å². The summed E-state index contributed by atoms with van der Waals surface area (Å²) in [5.74, 6) is 1.78. The first-order chi connectivity index (χ1) is 15.3. The van der Waals surface area contributed by atoms with E-state index < -0.39 is 0 Å². The second kappa shape index (κ2) is 10.2. The molecule has 2 aromatic rings. The van der Waals surface area contributed by atoms with Crippen LogP contribution < -0.4 is 25.2 Å². The van der Waals surface area contributed by atoms with Crippen molar-refractivity contribution in [3.8, 4) is 5.75 Å². The Bertz CT molecular complexity index is 918. The molecule has 6 heteroatoms. The van der Waals surface area contributed by atoms with E-state index in [2.05, 4.69) is 74.0 Å². The third-order valence-corrected chi connectivity index (χ3v) is 5.97. The Morgan fingerprint density at radius 3 is 2.74 bits per heavy atom. The standard InChI is InChI=1S/C25H33N5O/c1-26-25(27-18-20-9-7-11-22(17-20)29-14-5-6-15-29)28-21-10-8-16-30(19-21)23-12-3-4-13-24(23)31-2/h3-7,9,11-13,17,21H,8,10,14-16,18-19H2,1-2H3,(H2,26,27,28). The maximum Gasteiger partial charge on any atom is 0.191 e. The molecule has 0 radical (unpaired) electrons. The highest BCUT2D eigenvalue weighted by Gasteiger charge is 2.22. The van der Waals surface area contributed by atoms with E-state index in [4.69, 9.17) is 4.74 Å². The van der Waals surface area contributed by atoms with Crippen LogP contribution in [0.25, 0.3) is 0 Å². The largest absolute Gasteiger partial charge is 0.495 e. The van der Waals surface area contributed by atoms with Crippen LogP contribution in [0.5, 0.6) is 5.75 Å². The van der Waals surface area contributed by atoms with Crippen molar-refractivity contribution in [1.82, 2.24) is 10.6 Å². The molecule has 0 spiro atoms. The van der Waals surface area contributed by atoms with Gasteiger partial charge in [0.15, 0.2) is 5.96 Å². The lowest BCUT2D eigenvalue weighted by Gasteiger charge is -2.36. The molecule has 0 amide bonds. The summed E-state index contributed by atoms with van der Waals surface area (Å²) >= 11 is 0. The van der Waals surface area contributed by atoms with Crippen LogP contribution in [0.4, 0.5) is 11.4 Å². The van der Waals surface area contributed by atoms with E-state index in [1.165, 1.54) is 11.3 Å². The second-order valence-electron chi connectivity index (χ2n) is 8.07. The minimum atomic E-state index is 0.340. The van der Waals surface area contributed by atoms with Crippen LogP contribution in [0.3, 0.4) is 0 Å². The molecule has 0 saturated carbocycles. The molecule has 0 aliphatic carbocycles. The Morgan fingerprint density at radius 2 is 1.94 bits per heavy atom. The molecule has 0 aromatic heterocycles. The fourth-order valence-electron chi connectivity index (χ4n) is 4.33. The molecule has 31 heavy (non-hydrogen) atoms. The van der Waals surface area contributed by atoms with Crippen LogP contribution >= 0.6 is 0 Å². The van der Waals surface area contributed by atoms with Crippen molar-refractivity contribution < 1.29 is 4.74 Å². The number of piperidine rings is 1. The van der Waals surface area contributed by atoms with Gasteiger partial charge in [-0.25, -0.2) is 0 Å². The number of hydrogen-bond donors (Lipinski definition) is 2. The Balaban J connectivity index is 1.33. The maximum absolute atomic E-state index is 5.56. The smallest absolute Gasteiger partial charge is 0.191 e. The molecule has 1 fully saturated rings. The topological polar surface area (TPSA) is 52.1 Å². The van der Waals surface area contributed by atoms with E-state index in [1.54, 1.807) is 7.11 Å². The van der Waals surface area contributed by atoms with Gasteiger partial charge in [0.2, 0.25) is 0 Å². The van der Waals surface area contributed by atoms with Gasteiger partial charge in [-0.1, -0.05) is 36.4 Å². The molecule has 1 unspecified atom stereocenters. The summed E-state index contributed by atoms with van der Waals surface area (Å²) < 4.78 is 5.56. The summed E-state index contributed by atoms with van der Waals surface area (Å²) in [4.78, 5) is 9.23. The van der Waals surface area contributed by atoms with Crippen molar-refractivity contribution in [3.05, 3.63) is 66.2 Å².